The van der Waals surface area contributed by atoms with Crippen molar-refractivity contribution < 1.29 is 0 Å². The monoisotopic (exact) mass is 692 g/mol. The Kier molecular flexibility index (Phi) is 10.4. The minimum atomic E-state index is -0.0319. The van der Waals surface area contributed by atoms with Gasteiger partial charge in [-0.2, -0.15) is 0 Å². The van der Waals surface area contributed by atoms with Gasteiger partial charge < -0.3 is 0 Å². The van der Waals surface area contributed by atoms with Crippen molar-refractivity contribution in [1.82, 2.24) is 0 Å². The van der Waals surface area contributed by atoms with E-state index in [4.69, 9.17) is 0 Å². The molecular formula is C53H56. The molecule has 0 amide bonds. The highest BCUT2D eigenvalue weighted by Gasteiger charge is 2.42. The van der Waals surface area contributed by atoms with E-state index in [1.807, 2.05) is 0 Å². The van der Waals surface area contributed by atoms with Crippen molar-refractivity contribution in [1.29, 1.82) is 0 Å². The molecule has 7 aromatic carbocycles. The number of fused-ring (bicyclic) bond motifs is 3. The van der Waals surface area contributed by atoms with E-state index in [2.05, 4.69) is 200 Å². The van der Waals surface area contributed by atoms with Gasteiger partial charge in [0, 0.05) is 5.41 Å². The quantitative estimate of drug-likeness (QED) is 0.168. The van der Waals surface area contributed by atoms with Crippen molar-refractivity contribution in [2.45, 2.75) is 85.5 Å². The lowest BCUT2D eigenvalue weighted by molar-refractivity contribution is 0.283. The van der Waals surface area contributed by atoms with Crippen LogP contribution in [0.5, 0.6) is 0 Å². The van der Waals surface area contributed by atoms with Crippen LogP contribution in [-0.2, 0) is 24.7 Å². The summed E-state index contributed by atoms with van der Waals surface area (Å²) in [4.78, 5) is 0. The standard InChI is InChI=1S/C27H22.C19H18.C7H16/c1-3-11-21(12-4-1)19-27(20-22-13-5-2-6-14-22)25-17-9-7-15-23(25)24-16-8-10-18-26(24)27;1-12(2)16-10-8-15-7-6-13-4-3-5-14-9-11-17(16)19(15)18(13)14;1-6(2)7(3,4)5/h1-18H,19-20H2;4,6-12H,3,5H2,1-2H3;6H,1-5H3. The van der Waals surface area contributed by atoms with Crippen molar-refractivity contribution in [3.05, 3.63) is 184 Å². The summed E-state index contributed by atoms with van der Waals surface area (Å²) in [6.07, 6.45) is 6.78. The van der Waals surface area contributed by atoms with E-state index in [1.54, 1.807) is 0 Å². The number of rotatable bonds is 5. The van der Waals surface area contributed by atoms with Gasteiger partial charge >= 0.3 is 0 Å². The molecule has 268 valence electrons. The van der Waals surface area contributed by atoms with E-state index >= 15 is 0 Å². The second-order valence-electron chi connectivity index (χ2n) is 17.0. The molecule has 2 aliphatic rings. The summed E-state index contributed by atoms with van der Waals surface area (Å²) in [6.45, 7) is 15.9. The maximum atomic E-state index is 2.39. The first-order chi connectivity index (χ1) is 25.6. The van der Waals surface area contributed by atoms with Crippen molar-refractivity contribution in [2.24, 2.45) is 11.3 Å². The van der Waals surface area contributed by atoms with Gasteiger partial charge in [-0.3, -0.25) is 0 Å². The lowest BCUT2D eigenvalue weighted by Gasteiger charge is -2.33. The predicted molar refractivity (Wildman–Crippen MR) is 231 cm³/mol. The van der Waals surface area contributed by atoms with Crippen LogP contribution in [-0.4, -0.2) is 0 Å². The van der Waals surface area contributed by atoms with Gasteiger partial charge in [0.1, 0.15) is 0 Å². The van der Waals surface area contributed by atoms with E-state index in [-0.39, 0.29) is 5.41 Å². The summed E-state index contributed by atoms with van der Waals surface area (Å²) in [5, 5.41) is 7.25. The van der Waals surface area contributed by atoms with Gasteiger partial charge in [-0.25, -0.2) is 0 Å². The topological polar surface area (TPSA) is 0 Å². The Morgan fingerprint density at radius 1 is 0.547 bits per heavy atom. The highest BCUT2D eigenvalue weighted by molar-refractivity contribution is 6.13. The zero-order valence-electron chi connectivity index (χ0n) is 32.9. The molecule has 0 heteroatoms. The molecule has 0 N–H and O–H groups in total. The van der Waals surface area contributed by atoms with Gasteiger partial charge in [0.15, 0.2) is 0 Å². The third-order valence-corrected chi connectivity index (χ3v) is 12.1. The summed E-state index contributed by atoms with van der Waals surface area (Å²) in [6, 6.07) is 53.6. The molecule has 0 atom stereocenters. The van der Waals surface area contributed by atoms with Crippen LogP contribution in [0.15, 0.2) is 146 Å². The van der Waals surface area contributed by atoms with Gasteiger partial charge in [-0.05, 0) is 114 Å². The van der Waals surface area contributed by atoms with Crippen LogP contribution in [0.1, 0.15) is 94.2 Å². The summed E-state index contributed by atoms with van der Waals surface area (Å²) in [7, 11) is 0. The number of benzene rings is 7. The van der Waals surface area contributed by atoms with Gasteiger partial charge in [0.25, 0.3) is 0 Å². The normalized spacial score (nSPS) is 13.8. The van der Waals surface area contributed by atoms with Crippen molar-refractivity contribution in [2.75, 3.05) is 0 Å². The Bertz CT molecular complexity index is 2280. The second-order valence-corrected chi connectivity index (χ2v) is 17.0. The Morgan fingerprint density at radius 3 is 1.58 bits per heavy atom. The largest absolute Gasteiger partial charge is 0.0763 e. The Hall–Kier alpha value is -4.94. The smallest absolute Gasteiger partial charge is 0.0295 e. The van der Waals surface area contributed by atoms with Crippen molar-refractivity contribution >= 4 is 27.6 Å². The van der Waals surface area contributed by atoms with Gasteiger partial charge in [0.05, 0.1) is 0 Å². The predicted octanol–water partition coefficient (Wildman–Crippen LogP) is 13.7. The van der Waals surface area contributed by atoms with E-state index in [0.717, 1.165) is 18.8 Å². The number of hydrogen-bond acceptors (Lipinski definition) is 0. The first-order valence-corrected chi connectivity index (χ1v) is 19.8. The molecule has 0 radical (unpaired) electrons. The molecule has 2 aliphatic carbocycles. The lowest BCUT2D eigenvalue weighted by Crippen LogP contribution is -2.31. The number of hydrogen-bond donors (Lipinski definition) is 0. The highest BCUT2D eigenvalue weighted by atomic mass is 14.4. The molecule has 0 saturated heterocycles. The maximum absolute atomic E-state index is 2.39. The van der Waals surface area contributed by atoms with E-state index < -0.39 is 0 Å². The van der Waals surface area contributed by atoms with Crippen LogP contribution in [0.4, 0.5) is 0 Å². The second kappa shape index (κ2) is 15.2. The summed E-state index contributed by atoms with van der Waals surface area (Å²) < 4.78 is 0. The van der Waals surface area contributed by atoms with E-state index in [0.29, 0.717) is 11.3 Å². The average Bonchev–Trinajstić information content (AvgIpc) is 3.43. The SMILES string of the molecule is CC(C)C(C)(C)C.CC(C)c1ccc2ccc3c4c(ccc1c24)CCC=3.c1ccc(CC2(Cc3ccccc3)c3ccccc3-c3ccccc32)cc1. The molecule has 0 nitrogen and oxygen atoms in total. The minimum absolute atomic E-state index is 0.0319. The Morgan fingerprint density at radius 2 is 1.06 bits per heavy atom. The summed E-state index contributed by atoms with van der Waals surface area (Å²) >= 11 is 0. The zero-order valence-corrected chi connectivity index (χ0v) is 32.9. The highest BCUT2D eigenvalue weighted by Crippen LogP contribution is 2.52. The van der Waals surface area contributed by atoms with Crippen LogP contribution in [0.3, 0.4) is 0 Å². The molecule has 0 fully saturated rings. The molecule has 53 heavy (non-hydrogen) atoms. The van der Waals surface area contributed by atoms with E-state index in [9.17, 15) is 0 Å². The van der Waals surface area contributed by atoms with Gasteiger partial charge in [-0.1, -0.05) is 200 Å². The van der Waals surface area contributed by atoms with Gasteiger partial charge in [-0.15, -0.1) is 0 Å². The molecular weight excluding hydrogens is 637 g/mol. The van der Waals surface area contributed by atoms with Gasteiger partial charge in [0.2, 0.25) is 0 Å². The zero-order chi connectivity index (χ0) is 37.2. The summed E-state index contributed by atoms with van der Waals surface area (Å²) in [5.41, 5.74) is 11.9. The molecule has 0 heterocycles. The number of aryl methyl sites for hydroxylation is 1. The van der Waals surface area contributed by atoms with Crippen LogP contribution in [0.2, 0.25) is 0 Å². The van der Waals surface area contributed by atoms with Crippen LogP contribution >= 0.6 is 0 Å². The fourth-order valence-electron chi connectivity index (χ4n) is 8.28. The third-order valence-electron chi connectivity index (χ3n) is 12.1. The molecule has 7 aromatic rings. The van der Waals surface area contributed by atoms with Crippen LogP contribution < -0.4 is 5.22 Å². The maximum Gasteiger partial charge on any atom is 0.0295 e. The molecule has 0 aromatic heterocycles. The molecule has 0 unspecified atom stereocenters. The van der Waals surface area contributed by atoms with Crippen LogP contribution in [0.25, 0.3) is 38.7 Å². The Labute approximate surface area is 318 Å². The third kappa shape index (κ3) is 7.34. The summed E-state index contributed by atoms with van der Waals surface area (Å²) in [5.74, 6) is 1.38. The molecule has 9 rings (SSSR count). The lowest BCUT2D eigenvalue weighted by atomic mass is 9.69. The Balaban J connectivity index is 0.000000145. The van der Waals surface area contributed by atoms with Crippen molar-refractivity contribution in [3.63, 3.8) is 0 Å². The fourth-order valence-corrected chi connectivity index (χ4v) is 8.28. The first kappa shape index (κ1) is 36.4. The first-order valence-electron chi connectivity index (χ1n) is 19.8. The van der Waals surface area contributed by atoms with Crippen LogP contribution in [0, 0.1) is 11.3 Å². The van der Waals surface area contributed by atoms with E-state index in [1.165, 1.54) is 84.1 Å². The average molecular weight is 693 g/mol. The molecule has 0 spiro atoms. The van der Waals surface area contributed by atoms with Crippen molar-refractivity contribution in [3.8, 4) is 11.1 Å². The fraction of sp³-hybridized carbons (Fsp3) is 0.283. The minimum Gasteiger partial charge on any atom is -0.0763 e. The molecule has 0 saturated carbocycles. The molecule has 0 bridgehead atoms. The molecule has 0 aliphatic heterocycles.